The molecule has 0 bridgehead atoms. The summed E-state index contributed by atoms with van der Waals surface area (Å²) in [6, 6.07) is 0. The average molecular weight is 594 g/mol. The van der Waals surface area contributed by atoms with Crippen molar-refractivity contribution in [2.75, 3.05) is 38.2 Å². The zero-order valence-corrected chi connectivity index (χ0v) is 22.8. The van der Waals surface area contributed by atoms with Gasteiger partial charge in [-0.3, -0.25) is 28.1 Å². The van der Waals surface area contributed by atoms with Gasteiger partial charge in [-0.2, -0.15) is 0 Å². The Labute approximate surface area is 199 Å². The monoisotopic (exact) mass is 594 g/mol. The number of rotatable bonds is 15. The standard InChI is InChI=1S/C10H28N2O12P4.6H3N/c13-25(14,15)7-11(8-26(16,17)18)5-3-1-2-4-6-12(9-27(19,20)21)10-28(22,23)24;;;;;;/h1-10H2,(H2,13,14,15)(H2,16,17,18)(H2,19,20,21)(H2,22,23,24);6*1H3. The lowest BCUT2D eigenvalue weighted by Gasteiger charge is -2.23. The highest BCUT2D eigenvalue weighted by molar-refractivity contribution is 7.53. The molecule has 0 fully saturated rings. The van der Waals surface area contributed by atoms with E-state index in [0.717, 1.165) is 9.80 Å². The predicted molar refractivity (Wildman–Crippen MR) is 130 cm³/mol. The maximum absolute atomic E-state index is 11.0. The first kappa shape index (κ1) is 51.0. The van der Waals surface area contributed by atoms with Crippen molar-refractivity contribution < 1.29 is 57.4 Å². The van der Waals surface area contributed by atoms with Crippen LogP contribution in [0.4, 0.5) is 0 Å². The lowest BCUT2D eigenvalue weighted by Crippen LogP contribution is -2.28. The van der Waals surface area contributed by atoms with Crippen molar-refractivity contribution in [3.63, 3.8) is 0 Å². The minimum atomic E-state index is -4.49. The Balaban J connectivity index is -0.000000243. The van der Waals surface area contributed by atoms with Crippen LogP contribution in [-0.2, 0) is 18.3 Å². The molecular weight excluding hydrogens is 548 g/mol. The van der Waals surface area contributed by atoms with Crippen molar-refractivity contribution in [1.29, 1.82) is 0 Å². The summed E-state index contributed by atoms with van der Waals surface area (Å²) in [4.78, 5) is 73.6. The highest BCUT2D eigenvalue weighted by Gasteiger charge is 2.26. The minimum absolute atomic E-state index is 0. The summed E-state index contributed by atoms with van der Waals surface area (Å²) in [5, 5.41) is 0. The molecule has 0 saturated heterocycles. The van der Waals surface area contributed by atoms with Gasteiger partial charge in [0.1, 0.15) is 25.1 Å². The fourth-order valence-electron chi connectivity index (χ4n) is 2.44. The van der Waals surface area contributed by atoms with Crippen molar-refractivity contribution in [2.24, 2.45) is 0 Å². The molecule has 0 rings (SSSR count). The minimum Gasteiger partial charge on any atom is -0.344 e. The van der Waals surface area contributed by atoms with Crippen LogP contribution in [0.2, 0.25) is 0 Å². The Hall–Kier alpha value is 0.280. The van der Waals surface area contributed by atoms with Gasteiger partial charge in [-0.05, 0) is 25.9 Å². The van der Waals surface area contributed by atoms with E-state index in [0.29, 0.717) is 25.7 Å². The first-order chi connectivity index (χ1) is 12.4. The summed E-state index contributed by atoms with van der Waals surface area (Å²) < 4.78 is 44.1. The van der Waals surface area contributed by atoms with E-state index in [1.807, 2.05) is 0 Å². The first-order valence-corrected chi connectivity index (χ1v) is 15.2. The van der Waals surface area contributed by atoms with Gasteiger partial charge in [0.15, 0.2) is 0 Å². The molecule has 34 heavy (non-hydrogen) atoms. The Morgan fingerprint density at radius 3 is 0.706 bits per heavy atom. The molecule has 0 spiro atoms. The number of hydrogen-bond acceptors (Lipinski definition) is 12. The average Bonchev–Trinajstić information content (AvgIpc) is 2.34. The molecule has 0 heterocycles. The molecule has 0 amide bonds. The van der Waals surface area contributed by atoms with Crippen LogP contribution >= 0.6 is 30.4 Å². The second kappa shape index (κ2) is 21.4. The Bertz CT molecular complexity index is 563. The lowest BCUT2D eigenvalue weighted by atomic mass is 10.2. The first-order valence-electron chi connectivity index (χ1n) is 7.99. The molecule has 20 nitrogen and oxygen atoms in total. The molecule has 0 saturated carbocycles. The summed E-state index contributed by atoms with van der Waals surface area (Å²) in [5.41, 5.74) is 0. The van der Waals surface area contributed by atoms with Gasteiger partial charge in [0.2, 0.25) is 0 Å². The van der Waals surface area contributed by atoms with Gasteiger partial charge in [-0.1, -0.05) is 12.8 Å². The maximum atomic E-state index is 11.0. The van der Waals surface area contributed by atoms with Crippen molar-refractivity contribution in [2.45, 2.75) is 25.7 Å². The molecule has 0 aliphatic carbocycles. The second-order valence-electron chi connectivity index (χ2n) is 6.43. The third-order valence-electron chi connectivity index (χ3n) is 3.24. The maximum Gasteiger partial charge on any atom is 0.339 e. The molecule has 0 radical (unpaired) electrons. The molecule has 0 aromatic rings. The second-order valence-corrected chi connectivity index (χ2v) is 12.9. The van der Waals surface area contributed by atoms with E-state index < -0.39 is 55.5 Å². The van der Waals surface area contributed by atoms with Gasteiger partial charge in [-0.25, -0.2) is 0 Å². The van der Waals surface area contributed by atoms with Crippen LogP contribution in [0.3, 0.4) is 0 Å². The topological polar surface area (TPSA) is 447 Å². The summed E-state index contributed by atoms with van der Waals surface area (Å²) in [5.74, 6) is 0. The molecule has 218 valence electrons. The summed E-state index contributed by atoms with van der Waals surface area (Å²) in [6.45, 7) is 0.0375. The Morgan fingerprint density at radius 1 is 0.382 bits per heavy atom. The molecule has 26 N–H and O–H groups in total. The molecule has 0 aliphatic heterocycles. The van der Waals surface area contributed by atoms with Gasteiger partial charge >= 0.3 is 30.4 Å². The van der Waals surface area contributed by atoms with E-state index in [9.17, 15) is 18.3 Å². The third-order valence-corrected chi connectivity index (χ3v) is 6.31. The molecule has 0 atom stereocenters. The number of unbranched alkanes of at least 4 members (excludes halogenated alkanes) is 3. The molecule has 0 aliphatic rings. The van der Waals surface area contributed by atoms with Crippen LogP contribution < -0.4 is 36.9 Å². The SMILES string of the molecule is N.N.N.N.N.N.O=P(O)(O)CN(CCCCCCN(CP(=O)(O)O)CP(=O)(O)O)CP(=O)(O)O. The van der Waals surface area contributed by atoms with Gasteiger partial charge in [0.05, 0.1) is 0 Å². The zero-order chi connectivity index (χ0) is 22.2. The van der Waals surface area contributed by atoms with Crippen molar-refractivity contribution >= 4 is 30.4 Å². The summed E-state index contributed by atoms with van der Waals surface area (Å²) in [7, 11) is -18.0. The van der Waals surface area contributed by atoms with Crippen molar-refractivity contribution in [3.8, 4) is 0 Å². The van der Waals surface area contributed by atoms with Crippen LogP contribution in [0.15, 0.2) is 0 Å². The fraction of sp³-hybridized carbons (Fsp3) is 1.00. The van der Waals surface area contributed by atoms with E-state index in [4.69, 9.17) is 39.1 Å². The molecule has 0 unspecified atom stereocenters. The van der Waals surface area contributed by atoms with E-state index in [-0.39, 0.29) is 50.0 Å². The van der Waals surface area contributed by atoms with Gasteiger partial charge < -0.3 is 76.1 Å². The highest BCUT2D eigenvalue weighted by atomic mass is 31.2. The van der Waals surface area contributed by atoms with Crippen LogP contribution in [0.5, 0.6) is 0 Å². The summed E-state index contributed by atoms with van der Waals surface area (Å²) >= 11 is 0. The normalized spacial score (nSPS) is 11.7. The molecular formula is C10H46N8O12P4. The predicted octanol–water partition coefficient (Wildman–Crippen LogP) is 0.664. The number of nitrogens with zero attached hydrogens (tertiary/aromatic N) is 2. The molecule has 24 heteroatoms. The van der Waals surface area contributed by atoms with E-state index in [2.05, 4.69) is 0 Å². The molecule has 0 aromatic carbocycles. The number of hydrogen-bond donors (Lipinski definition) is 14. The van der Waals surface area contributed by atoms with Crippen LogP contribution in [0.25, 0.3) is 0 Å². The third kappa shape index (κ3) is 36.8. The van der Waals surface area contributed by atoms with E-state index in [1.165, 1.54) is 0 Å². The smallest absolute Gasteiger partial charge is 0.339 e. The Kier molecular flexibility index (Phi) is 32.1. The Morgan fingerprint density at radius 2 is 0.559 bits per heavy atom. The van der Waals surface area contributed by atoms with E-state index in [1.54, 1.807) is 0 Å². The van der Waals surface area contributed by atoms with Crippen LogP contribution in [0, 0.1) is 0 Å². The van der Waals surface area contributed by atoms with E-state index >= 15 is 0 Å². The van der Waals surface area contributed by atoms with Gasteiger partial charge in [0, 0.05) is 0 Å². The molecule has 0 aromatic heterocycles. The van der Waals surface area contributed by atoms with Crippen LogP contribution in [0.1, 0.15) is 25.7 Å². The van der Waals surface area contributed by atoms with Crippen molar-refractivity contribution in [1.82, 2.24) is 46.7 Å². The zero-order valence-electron chi connectivity index (χ0n) is 19.2. The quantitative estimate of drug-likeness (QED) is 0.0913. The highest BCUT2D eigenvalue weighted by Crippen LogP contribution is 2.42. The fourth-order valence-corrected chi connectivity index (χ4v) is 5.80. The largest absolute Gasteiger partial charge is 0.344 e. The lowest BCUT2D eigenvalue weighted by molar-refractivity contribution is 0.264. The van der Waals surface area contributed by atoms with Gasteiger partial charge in [0.25, 0.3) is 0 Å². The van der Waals surface area contributed by atoms with Gasteiger partial charge in [-0.15, -0.1) is 0 Å². The summed E-state index contributed by atoms with van der Waals surface area (Å²) in [6.07, 6.45) is -1.55. The van der Waals surface area contributed by atoms with Crippen LogP contribution in [-0.4, -0.2) is 87.2 Å². The van der Waals surface area contributed by atoms with Crippen molar-refractivity contribution in [3.05, 3.63) is 0 Å².